The zero-order valence-electron chi connectivity index (χ0n) is 17.8. The van der Waals surface area contributed by atoms with E-state index in [1.54, 1.807) is 12.4 Å². The number of hydrogen-bond donors (Lipinski definition) is 1. The zero-order valence-corrected chi connectivity index (χ0v) is 20.2. The van der Waals surface area contributed by atoms with Crippen molar-refractivity contribution in [2.75, 3.05) is 17.7 Å². The number of hydrogen-bond acceptors (Lipinski definition) is 6. The molecule has 0 bridgehead atoms. The summed E-state index contributed by atoms with van der Waals surface area (Å²) >= 11 is 4.20. The third-order valence-electron chi connectivity index (χ3n) is 4.58. The predicted octanol–water partition coefficient (Wildman–Crippen LogP) is 5.50. The monoisotopic (exact) mass is 545 g/mol. The maximum atomic E-state index is 14.1. The number of amides is 1. The highest BCUT2D eigenvalue weighted by Gasteiger charge is 2.19. The van der Waals surface area contributed by atoms with Gasteiger partial charge in [0, 0.05) is 34.2 Å². The van der Waals surface area contributed by atoms with Crippen LogP contribution in [0.25, 0.3) is 17.1 Å². The van der Waals surface area contributed by atoms with Crippen LogP contribution in [0.15, 0.2) is 70.6 Å². The summed E-state index contributed by atoms with van der Waals surface area (Å²) in [5, 5.41) is 11.5. The third kappa shape index (κ3) is 5.42. The number of aromatic nitrogens is 4. The number of anilines is 1. The van der Waals surface area contributed by atoms with Crippen molar-refractivity contribution in [3.05, 3.63) is 77.0 Å². The van der Waals surface area contributed by atoms with Crippen molar-refractivity contribution in [2.24, 2.45) is 0 Å². The van der Waals surface area contributed by atoms with E-state index in [0.29, 0.717) is 23.7 Å². The van der Waals surface area contributed by atoms with E-state index in [1.165, 1.54) is 0 Å². The number of pyridine rings is 1. The fraction of sp³-hybridized carbons (Fsp3) is 0.130. The quantitative estimate of drug-likeness (QED) is 0.294. The standard InChI is InChI=1S/C23H18BrF2N5O2S/c1-2-33-17-5-3-16(4-6-17)31-22(14-7-9-27-10-8-14)29-30-23(31)34-13-20(32)28-21-18(24)11-15(25)12-19(21)26/h3-12H,2,13H2,1H3,(H,28,32). The van der Waals surface area contributed by atoms with Gasteiger partial charge in [0.25, 0.3) is 0 Å². The summed E-state index contributed by atoms with van der Waals surface area (Å²) in [4.78, 5) is 16.6. The molecule has 2 aromatic carbocycles. The molecule has 1 amide bonds. The first-order valence-corrected chi connectivity index (χ1v) is 11.9. The first-order chi connectivity index (χ1) is 16.5. The summed E-state index contributed by atoms with van der Waals surface area (Å²) < 4.78 is 34.8. The predicted molar refractivity (Wildman–Crippen MR) is 129 cm³/mol. The van der Waals surface area contributed by atoms with Crippen LogP contribution >= 0.6 is 27.7 Å². The third-order valence-corrected chi connectivity index (χ3v) is 6.14. The lowest BCUT2D eigenvalue weighted by Crippen LogP contribution is -2.16. The van der Waals surface area contributed by atoms with Crippen molar-refractivity contribution < 1.29 is 18.3 Å². The topological polar surface area (TPSA) is 81.9 Å². The molecule has 0 aliphatic heterocycles. The first-order valence-electron chi connectivity index (χ1n) is 10.1. The Bertz CT molecular complexity index is 1280. The average molecular weight is 546 g/mol. The number of nitrogens with one attached hydrogen (secondary N) is 1. The van der Waals surface area contributed by atoms with E-state index in [-0.39, 0.29) is 15.9 Å². The summed E-state index contributed by atoms with van der Waals surface area (Å²) in [5.41, 5.74) is 1.44. The van der Waals surface area contributed by atoms with Crippen LogP contribution in [0.2, 0.25) is 0 Å². The second-order valence-electron chi connectivity index (χ2n) is 6.89. The van der Waals surface area contributed by atoms with Crippen LogP contribution in [0.1, 0.15) is 6.92 Å². The van der Waals surface area contributed by atoms with Crippen molar-refractivity contribution in [3.8, 4) is 22.8 Å². The van der Waals surface area contributed by atoms with Crippen molar-refractivity contribution >= 4 is 39.3 Å². The van der Waals surface area contributed by atoms with E-state index < -0.39 is 17.5 Å². The van der Waals surface area contributed by atoms with Gasteiger partial charge in [-0.1, -0.05) is 11.8 Å². The van der Waals surface area contributed by atoms with E-state index in [4.69, 9.17) is 4.74 Å². The van der Waals surface area contributed by atoms with E-state index in [1.807, 2.05) is 47.9 Å². The second kappa shape index (κ2) is 10.7. The molecule has 7 nitrogen and oxygen atoms in total. The van der Waals surface area contributed by atoms with Crippen molar-refractivity contribution in [1.29, 1.82) is 0 Å². The van der Waals surface area contributed by atoms with Crippen LogP contribution in [-0.4, -0.2) is 38.0 Å². The summed E-state index contributed by atoms with van der Waals surface area (Å²) in [6, 6.07) is 12.8. The molecule has 0 fully saturated rings. The van der Waals surface area contributed by atoms with Gasteiger partial charge in [0.05, 0.1) is 18.0 Å². The number of carbonyl (C=O) groups is 1. The summed E-state index contributed by atoms with van der Waals surface area (Å²) in [6.45, 7) is 2.46. The molecule has 0 aliphatic carbocycles. The smallest absolute Gasteiger partial charge is 0.234 e. The molecule has 0 radical (unpaired) electrons. The minimum Gasteiger partial charge on any atom is -0.494 e. The van der Waals surface area contributed by atoms with Gasteiger partial charge in [0.1, 0.15) is 11.6 Å². The summed E-state index contributed by atoms with van der Waals surface area (Å²) in [6.07, 6.45) is 3.31. The Morgan fingerprint density at radius 2 is 1.85 bits per heavy atom. The van der Waals surface area contributed by atoms with Gasteiger partial charge < -0.3 is 10.1 Å². The fourth-order valence-electron chi connectivity index (χ4n) is 3.11. The summed E-state index contributed by atoms with van der Waals surface area (Å²) in [5.74, 6) is -0.879. The van der Waals surface area contributed by atoms with Crippen LogP contribution in [0.4, 0.5) is 14.5 Å². The maximum absolute atomic E-state index is 14.1. The van der Waals surface area contributed by atoms with E-state index in [2.05, 4.69) is 36.4 Å². The Kier molecular flexibility index (Phi) is 7.53. The Morgan fingerprint density at radius 3 is 2.53 bits per heavy atom. The van der Waals surface area contributed by atoms with E-state index in [0.717, 1.165) is 34.8 Å². The second-order valence-corrected chi connectivity index (χ2v) is 8.68. The van der Waals surface area contributed by atoms with Gasteiger partial charge >= 0.3 is 0 Å². The maximum Gasteiger partial charge on any atom is 0.234 e. The molecule has 174 valence electrons. The zero-order chi connectivity index (χ0) is 24.1. The number of rotatable bonds is 8. The SMILES string of the molecule is CCOc1ccc(-n2c(SCC(=O)Nc3c(F)cc(F)cc3Br)nnc2-c2ccncc2)cc1. The molecule has 0 atom stereocenters. The summed E-state index contributed by atoms with van der Waals surface area (Å²) in [7, 11) is 0. The van der Waals surface area contributed by atoms with E-state index >= 15 is 0 Å². The minimum absolute atomic E-state index is 0.0746. The molecule has 1 N–H and O–H groups in total. The Hall–Kier alpha value is -3.31. The van der Waals surface area contributed by atoms with Crippen molar-refractivity contribution in [1.82, 2.24) is 19.7 Å². The van der Waals surface area contributed by atoms with Crippen LogP contribution in [0.5, 0.6) is 5.75 Å². The van der Waals surface area contributed by atoms with Crippen LogP contribution < -0.4 is 10.1 Å². The lowest BCUT2D eigenvalue weighted by Gasteiger charge is -2.12. The Balaban J connectivity index is 1.59. The number of thioether (sulfide) groups is 1. The molecule has 34 heavy (non-hydrogen) atoms. The minimum atomic E-state index is -0.872. The largest absolute Gasteiger partial charge is 0.494 e. The van der Waals surface area contributed by atoms with Gasteiger partial charge in [-0.05, 0) is 65.3 Å². The van der Waals surface area contributed by atoms with Gasteiger partial charge in [-0.2, -0.15) is 0 Å². The number of benzene rings is 2. The molecule has 4 rings (SSSR count). The van der Waals surface area contributed by atoms with Gasteiger partial charge in [-0.15, -0.1) is 10.2 Å². The molecule has 0 saturated heterocycles. The molecule has 0 aliphatic rings. The normalized spacial score (nSPS) is 10.8. The molecule has 0 saturated carbocycles. The number of halogens is 3. The first kappa shape index (κ1) is 23.8. The van der Waals surface area contributed by atoms with Crippen LogP contribution in [0, 0.1) is 11.6 Å². The molecular weight excluding hydrogens is 528 g/mol. The number of carbonyl (C=O) groups excluding carboxylic acids is 1. The number of nitrogens with zero attached hydrogens (tertiary/aromatic N) is 4. The average Bonchev–Trinajstić information content (AvgIpc) is 3.25. The highest BCUT2D eigenvalue weighted by atomic mass is 79.9. The van der Waals surface area contributed by atoms with Gasteiger partial charge in [0.2, 0.25) is 5.91 Å². The van der Waals surface area contributed by atoms with Gasteiger partial charge in [-0.3, -0.25) is 14.3 Å². The molecule has 2 heterocycles. The lowest BCUT2D eigenvalue weighted by molar-refractivity contribution is -0.113. The molecule has 0 spiro atoms. The Labute approximate surface area is 206 Å². The lowest BCUT2D eigenvalue weighted by atomic mass is 10.2. The van der Waals surface area contributed by atoms with Gasteiger partial charge in [0.15, 0.2) is 16.8 Å². The Morgan fingerprint density at radius 1 is 1.12 bits per heavy atom. The molecular formula is C23H18BrF2N5O2S. The van der Waals surface area contributed by atoms with E-state index in [9.17, 15) is 13.6 Å². The molecule has 11 heteroatoms. The number of ether oxygens (including phenoxy) is 1. The molecule has 0 unspecified atom stereocenters. The highest BCUT2D eigenvalue weighted by Crippen LogP contribution is 2.30. The molecule has 2 aromatic heterocycles. The molecule has 4 aromatic rings. The van der Waals surface area contributed by atoms with Crippen molar-refractivity contribution in [3.63, 3.8) is 0 Å². The van der Waals surface area contributed by atoms with Crippen molar-refractivity contribution in [2.45, 2.75) is 12.1 Å². The van der Waals surface area contributed by atoms with Crippen LogP contribution in [0.3, 0.4) is 0 Å². The fourth-order valence-corrected chi connectivity index (χ4v) is 4.37. The van der Waals surface area contributed by atoms with Gasteiger partial charge in [-0.25, -0.2) is 8.78 Å². The highest BCUT2D eigenvalue weighted by molar-refractivity contribution is 9.10. The van der Waals surface area contributed by atoms with Crippen LogP contribution in [-0.2, 0) is 4.79 Å².